The van der Waals surface area contributed by atoms with E-state index in [-0.39, 0.29) is 21.1 Å². The number of carbonyl (C=O) groups excluding carboxylic acids is 1. The van der Waals surface area contributed by atoms with E-state index in [9.17, 15) is 21.6 Å². The summed E-state index contributed by atoms with van der Waals surface area (Å²) < 4.78 is 55.0. The number of sulfonamides is 2. The van der Waals surface area contributed by atoms with E-state index in [1.165, 1.54) is 53.9 Å². The van der Waals surface area contributed by atoms with Gasteiger partial charge in [0.25, 0.3) is 5.91 Å². The van der Waals surface area contributed by atoms with Gasteiger partial charge in [-0.25, -0.2) is 22.0 Å². The van der Waals surface area contributed by atoms with Gasteiger partial charge < -0.3 is 10.1 Å². The van der Waals surface area contributed by atoms with Gasteiger partial charge in [-0.3, -0.25) is 4.79 Å². The Kier molecular flexibility index (Phi) is 5.94. The van der Waals surface area contributed by atoms with Crippen LogP contribution in [0.15, 0.2) is 52.3 Å². The highest BCUT2D eigenvalue weighted by molar-refractivity contribution is 7.89. The van der Waals surface area contributed by atoms with Crippen LogP contribution in [-0.4, -0.2) is 47.2 Å². The molecule has 0 aromatic heterocycles. The highest BCUT2D eigenvalue weighted by atomic mass is 32.2. The summed E-state index contributed by atoms with van der Waals surface area (Å²) in [4.78, 5) is 12.4. The molecule has 3 rings (SSSR count). The second-order valence-electron chi connectivity index (χ2n) is 6.50. The third-order valence-corrected chi connectivity index (χ3v) is 7.40. The van der Waals surface area contributed by atoms with Gasteiger partial charge in [-0.2, -0.15) is 4.31 Å². The van der Waals surface area contributed by atoms with Crippen LogP contribution in [0.3, 0.4) is 0 Å². The maximum absolute atomic E-state index is 12.9. The number of rotatable bonds is 6. The number of amides is 1. The molecule has 0 unspecified atom stereocenters. The van der Waals surface area contributed by atoms with Crippen LogP contribution in [0.1, 0.15) is 23.2 Å². The molecule has 2 aromatic carbocycles. The maximum atomic E-state index is 12.9. The van der Waals surface area contributed by atoms with Crippen molar-refractivity contribution in [1.82, 2.24) is 4.31 Å². The fourth-order valence-corrected chi connectivity index (χ4v) is 5.23. The van der Waals surface area contributed by atoms with E-state index >= 15 is 0 Å². The lowest BCUT2D eigenvalue weighted by atomic mass is 10.2. The molecule has 1 aliphatic rings. The Hall–Kier alpha value is -2.47. The predicted molar refractivity (Wildman–Crippen MR) is 107 cm³/mol. The Morgan fingerprint density at radius 3 is 2.21 bits per heavy atom. The van der Waals surface area contributed by atoms with Crippen LogP contribution in [0.5, 0.6) is 5.75 Å². The quantitative estimate of drug-likeness (QED) is 0.698. The minimum Gasteiger partial charge on any atom is -0.495 e. The molecule has 0 spiro atoms. The summed E-state index contributed by atoms with van der Waals surface area (Å²) in [6.45, 7) is 0.858. The van der Waals surface area contributed by atoms with E-state index in [0.717, 1.165) is 12.8 Å². The van der Waals surface area contributed by atoms with E-state index in [0.29, 0.717) is 18.8 Å². The van der Waals surface area contributed by atoms with Crippen molar-refractivity contribution in [2.45, 2.75) is 22.6 Å². The number of carbonyl (C=O) groups is 1. The van der Waals surface area contributed by atoms with Crippen molar-refractivity contribution in [2.24, 2.45) is 5.14 Å². The van der Waals surface area contributed by atoms with Gasteiger partial charge >= 0.3 is 0 Å². The first kappa shape index (κ1) is 21.2. The van der Waals surface area contributed by atoms with Gasteiger partial charge in [0.15, 0.2) is 0 Å². The van der Waals surface area contributed by atoms with Crippen LogP contribution in [0, 0.1) is 0 Å². The predicted octanol–water partition coefficient (Wildman–Crippen LogP) is 1.38. The summed E-state index contributed by atoms with van der Waals surface area (Å²) in [7, 11) is -6.25. The molecule has 0 bridgehead atoms. The van der Waals surface area contributed by atoms with E-state index in [2.05, 4.69) is 5.32 Å². The number of primary sulfonamides is 1. The van der Waals surface area contributed by atoms with Crippen molar-refractivity contribution in [3.8, 4) is 5.75 Å². The van der Waals surface area contributed by atoms with Gasteiger partial charge in [0.05, 0.1) is 12.0 Å². The lowest BCUT2D eigenvalue weighted by Crippen LogP contribution is -2.28. The van der Waals surface area contributed by atoms with Crippen LogP contribution in [-0.2, 0) is 20.0 Å². The summed E-state index contributed by atoms with van der Waals surface area (Å²) in [6.07, 6.45) is 1.58. The first-order chi connectivity index (χ1) is 13.6. The zero-order chi connectivity index (χ0) is 21.2. The van der Waals surface area contributed by atoms with Crippen LogP contribution in [0.25, 0.3) is 0 Å². The molecule has 1 heterocycles. The molecule has 1 aliphatic heterocycles. The Labute approximate surface area is 169 Å². The SMILES string of the molecule is COc1ccc(C(=O)Nc2ccc(S(N)(=O)=O)cc2)cc1S(=O)(=O)N1CCCC1. The van der Waals surface area contributed by atoms with E-state index in [4.69, 9.17) is 9.88 Å². The molecule has 0 atom stereocenters. The number of nitrogens with two attached hydrogens (primary N) is 1. The number of methoxy groups -OCH3 is 1. The molecule has 3 N–H and O–H groups in total. The molecule has 9 nitrogen and oxygen atoms in total. The number of hydrogen-bond acceptors (Lipinski definition) is 6. The average molecular weight is 440 g/mol. The molecule has 11 heteroatoms. The van der Waals surface area contributed by atoms with Crippen LogP contribution < -0.4 is 15.2 Å². The fraction of sp³-hybridized carbons (Fsp3) is 0.278. The van der Waals surface area contributed by atoms with E-state index in [1.807, 2.05) is 0 Å². The average Bonchev–Trinajstić information content (AvgIpc) is 3.23. The van der Waals surface area contributed by atoms with E-state index < -0.39 is 26.0 Å². The summed E-state index contributed by atoms with van der Waals surface area (Å²) in [6, 6.07) is 9.48. The molecular formula is C18H21N3O6S2. The fourth-order valence-electron chi connectivity index (χ4n) is 3.02. The monoisotopic (exact) mass is 439 g/mol. The van der Waals surface area contributed by atoms with Gasteiger partial charge in [0.1, 0.15) is 10.6 Å². The van der Waals surface area contributed by atoms with E-state index in [1.54, 1.807) is 0 Å². The van der Waals surface area contributed by atoms with Gasteiger partial charge in [0.2, 0.25) is 20.0 Å². The molecule has 0 saturated carbocycles. The molecule has 29 heavy (non-hydrogen) atoms. The standard InChI is InChI=1S/C18H21N3O6S2/c1-27-16-9-4-13(12-17(16)29(25,26)21-10-2-3-11-21)18(22)20-14-5-7-15(8-6-14)28(19,23)24/h4-9,12H,2-3,10-11H2,1H3,(H,20,22)(H2,19,23,24). The molecule has 156 valence electrons. The first-order valence-electron chi connectivity index (χ1n) is 8.75. The number of ether oxygens (including phenoxy) is 1. The third-order valence-electron chi connectivity index (χ3n) is 4.55. The second-order valence-corrected chi connectivity index (χ2v) is 9.97. The number of benzene rings is 2. The molecular weight excluding hydrogens is 418 g/mol. The van der Waals surface area contributed by atoms with Gasteiger partial charge in [-0.1, -0.05) is 0 Å². The summed E-state index contributed by atoms with van der Waals surface area (Å²) in [5.74, 6) is -0.389. The Morgan fingerprint density at radius 1 is 1.03 bits per heavy atom. The topological polar surface area (TPSA) is 136 Å². The highest BCUT2D eigenvalue weighted by Gasteiger charge is 2.30. The largest absolute Gasteiger partial charge is 0.495 e. The molecule has 1 amide bonds. The number of hydrogen-bond donors (Lipinski definition) is 2. The minimum absolute atomic E-state index is 0.0703. The zero-order valence-corrected chi connectivity index (χ0v) is 17.3. The normalized spacial score (nSPS) is 15.2. The molecule has 1 saturated heterocycles. The second kappa shape index (κ2) is 8.11. The van der Waals surface area contributed by atoms with Crippen molar-refractivity contribution in [1.29, 1.82) is 0 Å². The van der Waals surface area contributed by atoms with Crippen molar-refractivity contribution in [2.75, 3.05) is 25.5 Å². The third kappa shape index (κ3) is 4.58. The van der Waals surface area contributed by atoms with Crippen molar-refractivity contribution in [3.63, 3.8) is 0 Å². The molecule has 2 aromatic rings. The highest BCUT2D eigenvalue weighted by Crippen LogP contribution is 2.30. The number of nitrogens with one attached hydrogen (secondary N) is 1. The molecule has 1 fully saturated rings. The van der Waals surface area contributed by atoms with Gasteiger partial charge in [-0.05, 0) is 55.3 Å². The summed E-state index contributed by atoms with van der Waals surface area (Å²) in [5.41, 5.74) is 0.460. The minimum atomic E-state index is -3.84. The van der Waals surface area contributed by atoms with Gasteiger partial charge in [-0.15, -0.1) is 0 Å². The number of anilines is 1. The van der Waals surface area contributed by atoms with Crippen LogP contribution in [0.2, 0.25) is 0 Å². The smallest absolute Gasteiger partial charge is 0.255 e. The first-order valence-corrected chi connectivity index (χ1v) is 11.7. The summed E-state index contributed by atoms with van der Waals surface area (Å²) >= 11 is 0. The Bertz CT molecular complexity index is 1120. The molecule has 0 radical (unpaired) electrons. The van der Waals surface area contributed by atoms with Crippen molar-refractivity contribution in [3.05, 3.63) is 48.0 Å². The Balaban J connectivity index is 1.88. The summed E-state index contributed by atoms with van der Waals surface area (Å²) in [5, 5.41) is 7.65. The Morgan fingerprint density at radius 2 is 1.66 bits per heavy atom. The number of nitrogens with zero attached hydrogens (tertiary/aromatic N) is 1. The zero-order valence-electron chi connectivity index (χ0n) is 15.7. The van der Waals surface area contributed by atoms with Gasteiger partial charge in [0, 0.05) is 24.3 Å². The maximum Gasteiger partial charge on any atom is 0.255 e. The van der Waals surface area contributed by atoms with Crippen LogP contribution >= 0.6 is 0 Å². The molecule has 0 aliphatic carbocycles. The lowest BCUT2D eigenvalue weighted by Gasteiger charge is -2.18. The van der Waals surface area contributed by atoms with Crippen LogP contribution in [0.4, 0.5) is 5.69 Å². The lowest BCUT2D eigenvalue weighted by molar-refractivity contribution is 0.102. The van der Waals surface area contributed by atoms with Crippen molar-refractivity contribution >= 4 is 31.6 Å². The van der Waals surface area contributed by atoms with Crippen molar-refractivity contribution < 1.29 is 26.4 Å².